The zero-order valence-corrected chi connectivity index (χ0v) is 12.1. The molecule has 0 aliphatic carbocycles. The summed E-state index contributed by atoms with van der Waals surface area (Å²) < 4.78 is 5.79. The number of benzene rings is 1. The second-order valence-electron chi connectivity index (χ2n) is 6.32. The van der Waals surface area contributed by atoms with Crippen molar-refractivity contribution in [3.63, 3.8) is 0 Å². The SMILES string of the molecule is CC1(C)OC(C)(C)C(Cc2cc(O)c(O)c(O)c2)C1=O. The van der Waals surface area contributed by atoms with E-state index in [0.717, 1.165) is 0 Å². The highest BCUT2D eigenvalue weighted by Gasteiger charge is 2.52. The largest absolute Gasteiger partial charge is 0.504 e. The highest BCUT2D eigenvalue weighted by molar-refractivity contribution is 5.91. The molecule has 0 bridgehead atoms. The van der Waals surface area contributed by atoms with Gasteiger partial charge in [-0.1, -0.05) is 0 Å². The summed E-state index contributed by atoms with van der Waals surface area (Å²) in [6.07, 6.45) is 0.330. The Morgan fingerprint density at radius 2 is 1.60 bits per heavy atom. The zero-order valence-electron chi connectivity index (χ0n) is 12.1. The monoisotopic (exact) mass is 280 g/mol. The van der Waals surface area contributed by atoms with Crippen LogP contribution in [0, 0.1) is 5.92 Å². The fourth-order valence-electron chi connectivity index (χ4n) is 2.87. The first-order valence-electron chi connectivity index (χ1n) is 6.53. The molecule has 1 fully saturated rings. The second-order valence-corrected chi connectivity index (χ2v) is 6.32. The standard InChI is InChI=1S/C15H20O5/c1-14(2)9(13(19)15(3,4)20-14)5-8-6-10(16)12(18)11(17)7-8/h6-7,9,16-18H,5H2,1-4H3. The van der Waals surface area contributed by atoms with Crippen LogP contribution in [0.1, 0.15) is 33.3 Å². The highest BCUT2D eigenvalue weighted by Crippen LogP contribution is 2.42. The Kier molecular flexibility index (Phi) is 3.21. The van der Waals surface area contributed by atoms with E-state index < -0.39 is 28.5 Å². The Labute approximate surface area is 117 Å². The first-order chi connectivity index (χ1) is 9.04. The molecule has 0 amide bonds. The van der Waals surface area contributed by atoms with E-state index in [1.165, 1.54) is 12.1 Å². The number of hydrogen-bond acceptors (Lipinski definition) is 5. The van der Waals surface area contributed by atoms with Crippen LogP contribution in [0.4, 0.5) is 0 Å². The van der Waals surface area contributed by atoms with Crippen LogP contribution in [-0.4, -0.2) is 32.3 Å². The third-order valence-electron chi connectivity index (χ3n) is 3.84. The lowest BCUT2D eigenvalue weighted by molar-refractivity contribution is -0.132. The van der Waals surface area contributed by atoms with Gasteiger partial charge in [-0.15, -0.1) is 0 Å². The number of Topliss-reactive ketones (excluding diaryl/α,β-unsaturated/α-hetero) is 1. The number of hydrogen-bond donors (Lipinski definition) is 3. The van der Waals surface area contributed by atoms with E-state index in [2.05, 4.69) is 0 Å². The molecule has 1 aliphatic heterocycles. The fourth-order valence-corrected chi connectivity index (χ4v) is 2.87. The van der Waals surface area contributed by atoms with E-state index in [0.29, 0.717) is 12.0 Å². The molecule has 110 valence electrons. The molecule has 0 aromatic heterocycles. The summed E-state index contributed by atoms with van der Waals surface area (Å²) in [6.45, 7) is 7.18. The van der Waals surface area contributed by atoms with Gasteiger partial charge in [-0.2, -0.15) is 0 Å². The van der Waals surface area contributed by atoms with Gasteiger partial charge in [0.1, 0.15) is 5.60 Å². The molecule has 5 nitrogen and oxygen atoms in total. The molecular weight excluding hydrogens is 260 g/mol. The van der Waals surface area contributed by atoms with Crippen molar-refractivity contribution < 1.29 is 24.9 Å². The van der Waals surface area contributed by atoms with Gasteiger partial charge in [-0.25, -0.2) is 0 Å². The lowest BCUT2D eigenvalue weighted by Crippen LogP contribution is -2.32. The number of carbonyl (C=O) groups is 1. The lowest BCUT2D eigenvalue weighted by atomic mass is 9.81. The molecule has 1 saturated heterocycles. The van der Waals surface area contributed by atoms with E-state index in [-0.39, 0.29) is 11.7 Å². The fraction of sp³-hybridized carbons (Fsp3) is 0.533. The Morgan fingerprint density at radius 3 is 2.00 bits per heavy atom. The van der Waals surface area contributed by atoms with Crippen molar-refractivity contribution >= 4 is 5.78 Å². The van der Waals surface area contributed by atoms with Gasteiger partial charge in [0.15, 0.2) is 23.0 Å². The first-order valence-corrected chi connectivity index (χ1v) is 6.53. The van der Waals surface area contributed by atoms with Crippen molar-refractivity contribution in [1.82, 2.24) is 0 Å². The molecule has 1 heterocycles. The van der Waals surface area contributed by atoms with Gasteiger partial charge in [-0.05, 0) is 51.8 Å². The van der Waals surface area contributed by atoms with E-state index >= 15 is 0 Å². The van der Waals surface area contributed by atoms with Gasteiger partial charge in [-0.3, -0.25) is 4.79 Å². The minimum absolute atomic E-state index is 0.00504. The smallest absolute Gasteiger partial charge is 0.200 e. The summed E-state index contributed by atoms with van der Waals surface area (Å²) in [7, 11) is 0. The Morgan fingerprint density at radius 1 is 1.10 bits per heavy atom. The van der Waals surface area contributed by atoms with E-state index in [1.807, 2.05) is 13.8 Å². The summed E-state index contributed by atoms with van der Waals surface area (Å²) in [4.78, 5) is 12.4. The topological polar surface area (TPSA) is 87.0 Å². The molecule has 3 N–H and O–H groups in total. The number of ether oxygens (including phenoxy) is 1. The molecule has 1 aromatic carbocycles. The van der Waals surface area contributed by atoms with Crippen LogP contribution >= 0.6 is 0 Å². The number of phenolic OH excluding ortho intramolecular Hbond substituents is 3. The Balaban J connectivity index is 2.32. The lowest BCUT2D eigenvalue weighted by Gasteiger charge is -2.25. The van der Waals surface area contributed by atoms with Crippen molar-refractivity contribution in [2.45, 2.75) is 45.3 Å². The number of ketones is 1. The molecule has 1 aromatic rings. The second kappa shape index (κ2) is 4.38. The van der Waals surface area contributed by atoms with Crippen molar-refractivity contribution in [2.24, 2.45) is 5.92 Å². The molecule has 0 spiro atoms. The van der Waals surface area contributed by atoms with Crippen LogP contribution < -0.4 is 0 Å². The molecule has 0 saturated carbocycles. The predicted molar refractivity (Wildman–Crippen MR) is 72.9 cm³/mol. The maximum atomic E-state index is 12.4. The third-order valence-corrected chi connectivity index (χ3v) is 3.84. The van der Waals surface area contributed by atoms with Crippen LogP contribution in [-0.2, 0) is 16.0 Å². The predicted octanol–water partition coefficient (Wildman–Crippen LogP) is 2.12. The van der Waals surface area contributed by atoms with Gasteiger partial charge in [0, 0.05) is 0 Å². The average molecular weight is 280 g/mol. The molecule has 1 atom stereocenters. The number of carbonyl (C=O) groups excluding carboxylic acids is 1. The van der Waals surface area contributed by atoms with Gasteiger partial charge in [0.2, 0.25) is 0 Å². The number of aromatic hydroxyl groups is 3. The van der Waals surface area contributed by atoms with Crippen molar-refractivity contribution in [2.75, 3.05) is 0 Å². The van der Waals surface area contributed by atoms with Crippen LogP contribution in [0.5, 0.6) is 17.2 Å². The molecule has 1 unspecified atom stereocenters. The van der Waals surface area contributed by atoms with Gasteiger partial charge in [0.05, 0.1) is 11.5 Å². The molecule has 5 heteroatoms. The van der Waals surface area contributed by atoms with Gasteiger partial charge in [0.25, 0.3) is 0 Å². The molecule has 20 heavy (non-hydrogen) atoms. The van der Waals surface area contributed by atoms with Crippen LogP contribution in [0.25, 0.3) is 0 Å². The summed E-state index contributed by atoms with van der Waals surface area (Å²) in [6, 6.07) is 2.70. The number of phenols is 3. The molecule has 2 rings (SSSR count). The zero-order chi connectivity index (χ0) is 15.3. The minimum Gasteiger partial charge on any atom is -0.504 e. The third kappa shape index (κ3) is 2.33. The first kappa shape index (κ1) is 14.7. The van der Waals surface area contributed by atoms with E-state index in [4.69, 9.17) is 4.74 Å². The summed E-state index contributed by atoms with van der Waals surface area (Å²) >= 11 is 0. The quantitative estimate of drug-likeness (QED) is 0.722. The normalized spacial score (nSPS) is 24.0. The van der Waals surface area contributed by atoms with Crippen LogP contribution in [0.3, 0.4) is 0 Å². The minimum atomic E-state index is -0.838. The molecule has 0 radical (unpaired) electrons. The summed E-state index contributed by atoms with van der Waals surface area (Å²) in [5.41, 5.74) is -0.885. The van der Waals surface area contributed by atoms with Crippen molar-refractivity contribution in [1.29, 1.82) is 0 Å². The van der Waals surface area contributed by atoms with Gasteiger partial charge >= 0.3 is 0 Å². The average Bonchev–Trinajstić information content (AvgIpc) is 2.44. The molecular formula is C15H20O5. The highest BCUT2D eigenvalue weighted by atomic mass is 16.5. The summed E-state index contributed by atoms with van der Waals surface area (Å²) in [5.74, 6) is -1.73. The maximum Gasteiger partial charge on any atom is 0.200 e. The number of rotatable bonds is 2. The maximum absolute atomic E-state index is 12.4. The van der Waals surface area contributed by atoms with Gasteiger partial charge < -0.3 is 20.1 Å². The Bertz CT molecular complexity index is 536. The van der Waals surface area contributed by atoms with Crippen molar-refractivity contribution in [3.8, 4) is 17.2 Å². The van der Waals surface area contributed by atoms with Crippen molar-refractivity contribution in [3.05, 3.63) is 17.7 Å². The Hall–Kier alpha value is -1.75. The van der Waals surface area contributed by atoms with E-state index in [1.54, 1.807) is 13.8 Å². The van der Waals surface area contributed by atoms with Crippen LogP contribution in [0.15, 0.2) is 12.1 Å². The summed E-state index contributed by atoms with van der Waals surface area (Å²) in [5, 5.41) is 28.4. The van der Waals surface area contributed by atoms with E-state index in [9.17, 15) is 20.1 Å². The van der Waals surface area contributed by atoms with Crippen LogP contribution in [0.2, 0.25) is 0 Å². The molecule has 1 aliphatic rings.